The highest BCUT2D eigenvalue weighted by Crippen LogP contribution is 2.30. The largest absolute Gasteiger partial charge is 0.491 e. The molecule has 33 heavy (non-hydrogen) atoms. The van der Waals surface area contributed by atoms with E-state index in [0.717, 1.165) is 49.3 Å². The van der Waals surface area contributed by atoms with E-state index in [9.17, 15) is 0 Å². The van der Waals surface area contributed by atoms with E-state index in [2.05, 4.69) is 34.3 Å². The molecule has 2 aromatic rings. The van der Waals surface area contributed by atoms with Crippen molar-refractivity contribution >= 4 is 17.1 Å². The average Bonchev–Trinajstić information content (AvgIpc) is 2.89. The van der Waals surface area contributed by atoms with E-state index in [4.69, 9.17) is 15.3 Å². The van der Waals surface area contributed by atoms with Crippen LogP contribution in [-0.4, -0.2) is 50.3 Å². The summed E-state index contributed by atoms with van der Waals surface area (Å²) in [4.78, 5) is 10.2. The van der Waals surface area contributed by atoms with Crippen LogP contribution in [0, 0.1) is 0 Å². The quantitative estimate of drug-likeness (QED) is 0.402. The van der Waals surface area contributed by atoms with Crippen molar-refractivity contribution in [1.82, 2.24) is 4.90 Å². The van der Waals surface area contributed by atoms with Gasteiger partial charge in [-0.25, -0.2) is 0 Å². The third-order valence-corrected chi connectivity index (χ3v) is 6.30. The van der Waals surface area contributed by atoms with E-state index in [-0.39, 0.29) is 0 Å². The van der Waals surface area contributed by atoms with Crippen LogP contribution in [0.1, 0.15) is 52.4 Å². The van der Waals surface area contributed by atoms with E-state index in [1.165, 1.54) is 50.9 Å². The Morgan fingerprint density at radius 1 is 0.939 bits per heavy atom. The summed E-state index contributed by atoms with van der Waals surface area (Å²) >= 11 is 0. The molecule has 0 amide bonds. The molecule has 0 aromatic heterocycles. The molecule has 6 heteroatoms. The molecule has 2 heterocycles. The molecule has 0 atom stereocenters. The summed E-state index contributed by atoms with van der Waals surface area (Å²) in [6.45, 7) is 10.3. The molecule has 0 spiro atoms. The minimum Gasteiger partial charge on any atom is -0.491 e. The number of piperidine rings is 2. The van der Waals surface area contributed by atoms with Crippen LogP contribution in [0.4, 0.5) is 17.1 Å². The Morgan fingerprint density at radius 2 is 1.67 bits per heavy atom. The number of para-hydroxylation sites is 1. The van der Waals surface area contributed by atoms with Gasteiger partial charge >= 0.3 is 0 Å². The van der Waals surface area contributed by atoms with Crippen molar-refractivity contribution in [3.8, 4) is 5.75 Å². The first-order valence-corrected chi connectivity index (χ1v) is 12.7. The molecule has 3 N–H and O–H groups in total. The second kappa shape index (κ2) is 14.0. The van der Waals surface area contributed by atoms with Gasteiger partial charge in [0.1, 0.15) is 5.75 Å². The standard InChI is InChI=1S/C19H31N3O.C8H11NO/c1-2-14-23-19-15-17(6-7-18(19)20)22-12-8-16(9-13-22)21-10-4-3-5-11-21;1-2-10-9-8-6-4-3-5-7-8/h6-7,15-16H,2-5,8-14,20H2,1H3;3-7,9H,2H2,1H3. The molecule has 4 rings (SSSR count). The molecule has 0 aliphatic carbocycles. The zero-order chi connectivity index (χ0) is 23.3. The highest BCUT2D eigenvalue weighted by atomic mass is 16.6. The first kappa shape index (κ1) is 25.2. The van der Waals surface area contributed by atoms with Crippen LogP contribution in [0.25, 0.3) is 0 Å². The van der Waals surface area contributed by atoms with Crippen molar-refractivity contribution < 1.29 is 9.57 Å². The van der Waals surface area contributed by atoms with Crippen LogP contribution in [0.3, 0.4) is 0 Å². The lowest BCUT2D eigenvalue weighted by Gasteiger charge is -2.41. The summed E-state index contributed by atoms with van der Waals surface area (Å²) in [5.41, 5.74) is 11.8. The van der Waals surface area contributed by atoms with Crippen LogP contribution in [0.2, 0.25) is 0 Å². The van der Waals surface area contributed by atoms with Gasteiger partial charge < -0.3 is 20.3 Å². The monoisotopic (exact) mass is 454 g/mol. The molecule has 2 aromatic carbocycles. The number of ether oxygens (including phenoxy) is 1. The SMILES string of the molecule is CCCOc1cc(N2CCC(N3CCCCC3)CC2)ccc1N.CCONc1ccccc1. The zero-order valence-electron chi connectivity index (χ0n) is 20.5. The number of anilines is 3. The fourth-order valence-electron chi connectivity index (χ4n) is 4.49. The van der Waals surface area contributed by atoms with Crippen molar-refractivity contribution in [2.45, 2.75) is 58.4 Å². The number of nitrogens with two attached hydrogens (primary N) is 1. The highest BCUT2D eigenvalue weighted by Gasteiger charge is 2.25. The molecule has 2 aliphatic rings. The van der Waals surface area contributed by atoms with Crippen molar-refractivity contribution in [3.63, 3.8) is 0 Å². The first-order chi connectivity index (χ1) is 16.2. The molecule has 0 saturated carbocycles. The number of benzene rings is 2. The summed E-state index contributed by atoms with van der Waals surface area (Å²) in [5.74, 6) is 0.836. The van der Waals surface area contributed by atoms with Gasteiger partial charge in [0.25, 0.3) is 0 Å². The minimum atomic E-state index is 0.675. The van der Waals surface area contributed by atoms with Gasteiger partial charge in [-0.2, -0.15) is 0 Å². The van der Waals surface area contributed by atoms with Gasteiger partial charge in [0.15, 0.2) is 0 Å². The summed E-state index contributed by atoms with van der Waals surface area (Å²) in [6.07, 6.45) is 7.74. The van der Waals surface area contributed by atoms with Gasteiger partial charge in [0, 0.05) is 30.9 Å². The highest BCUT2D eigenvalue weighted by molar-refractivity contribution is 5.62. The Labute approximate surface area is 200 Å². The zero-order valence-corrected chi connectivity index (χ0v) is 20.5. The topological polar surface area (TPSA) is 63.0 Å². The summed E-state index contributed by atoms with van der Waals surface area (Å²) in [7, 11) is 0. The number of nitrogens with one attached hydrogen (secondary N) is 1. The van der Waals surface area contributed by atoms with Gasteiger partial charge in [-0.1, -0.05) is 31.5 Å². The third-order valence-electron chi connectivity index (χ3n) is 6.30. The first-order valence-electron chi connectivity index (χ1n) is 12.7. The maximum absolute atomic E-state index is 6.03. The van der Waals surface area contributed by atoms with Crippen LogP contribution in [-0.2, 0) is 4.84 Å². The Bertz CT molecular complexity index is 788. The van der Waals surface area contributed by atoms with Gasteiger partial charge in [-0.3, -0.25) is 10.3 Å². The van der Waals surface area contributed by atoms with Crippen LogP contribution in [0.5, 0.6) is 5.75 Å². The summed E-state index contributed by atoms with van der Waals surface area (Å²) in [6, 6.07) is 16.8. The summed E-state index contributed by atoms with van der Waals surface area (Å²) < 4.78 is 5.77. The van der Waals surface area contributed by atoms with Gasteiger partial charge in [0.2, 0.25) is 0 Å². The molecule has 0 bridgehead atoms. The lowest BCUT2D eigenvalue weighted by atomic mass is 9.99. The second-order valence-electron chi connectivity index (χ2n) is 8.79. The fourth-order valence-corrected chi connectivity index (χ4v) is 4.49. The van der Waals surface area contributed by atoms with E-state index in [1.807, 2.05) is 43.3 Å². The van der Waals surface area contributed by atoms with E-state index in [1.54, 1.807) is 0 Å². The fraction of sp³-hybridized carbons (Fsp3) is 0.556. The number of nitrogens with zero attached hydrogens (tertiary/aromatic N) is 2. The van der Waals surface area contributed by atoms with E-state index in [0.29, 0.717) is 6.61 Å². The third kappa shape index (κ3) is 8.13. The minimum absolute atomic E-state index is 0.675. The Hall–Kier alpha value is -2.44. The normalized spacial score (nSPS) is 17.2. The predicted molar refractivity (Wildman–Crippen MR) is 139 cm³/mol. The van der Waals surface area contributed by atoms with Crippen molar-refractivity contribution in [3.05, 3.63) is 48.5 Å². The molecule has 6 nitrogen and oxygen atoms in total. The Kier molecular flexibility index (Phi) is 10.7. The number of likely N-dealkylation sites (tertiary alicyclic amines) is 1. The van der Waals surface area contributed by atoms with Gasteiger partial charge in [-0.05, 0) is 76.4 Å². The van der Waals surface area contributed by atoms with Crippen molar-refractivity contribution in [2.75, 3.05) is 55.5 Å². The van der Waals surface area contributed by atoms with E-state index >= 15 is 0 Å². The summed E-state index contributed by atoms with van der Waals surface area (Å²) in [5, 5.41) is 0. The second-order valence-corrected chi connectivity index (χ2v) is 8.79. The molecule has 0 unspecified atom stereocenters. The molecule has 182 valence electrons. The molecule has 0 radical (unpaired) electrons. The maximum Gasteiger partial charge on any atom is 0.144 e. The number of rotatable bonds is 8. The number of hydrogen-bond acceptors (Lipinski definition) is 6. The molecule has 2 aliphatic heterocycles. The van der Waals surface area contributed by atoms with Crippen molar-refractivity contribution in [2.24, 2.45) is 0 Å². The predicted octanol–water partition coefficient (Wildman–Crippen LogP) is 5.56. The average molecular weight is 455 g/mol. The maximum atomic E-state index is 6.03. The molecule has 2 saturated heterocycles. The molecular formula is C27H42N4O2. The Balaban J connectivity index is 0.000000257. The van der Waals surface area contributed by atoms with E-state index < -0.39 is 0 Å². The van der Waals surface area contributed by atoms with Crippen molar-refractivity contribution in [1.29, 1.82) is 0 Å². The van der Waals surface area contributed by atoms with Crippen LogP contribution < -0.4 is 20.9 Å². The number of hydrogen-bond donors (Lipinski definition) is 2. The lowest BCUT2D eigenvalue weighted by Crippen LogP contribution is -2.46. The smallest absolute Gasteiger partial charge is 0.144 e. The molecular weight excluding hydrogens is 412 g/mol. The van der Waals surface area contributed by atoms with Gasteiger partial charge in [0.05, 0.1) is 24.6 Å². The lowest BCUT2D eigenvalue weighted by molar-refractivity contribution is 0.141. The molecule has 2 fully saturated rings. The van der Waals surface area contributed by atoms with Crippen LogP contribution in [0.15, 0.2) is 48.5 Å². The number of nitrogen functional groups attached to an aromatic ring is 1. The van der Waals surface area contributed by atoms with Crippen LogP contribution >= 0.6 is 0 Å². The Morgan fingerprint density at radius 3 is 2.33 bits per heavy atom. The van der Waals surface area contributed by atoms with Gasteiger partial charge in [-0.15, -0.1) is 0 Å².